The van der Waals surface area contributed by atoms with Crippen LogP contribution in [-0.2, 0) is 4.79 Å². The summed E-state index contributed by atoms with van der Waals surface area (Å²) in [6.07, 6.45) is 3.15. The van der Waals surface area contributed by atoms with Crippen LogP contribution in [0.25, 0.3) is 6.08 Å². The summed E-state index contributed by atoms with van der Waals surface area (Å²) in [6.45, 7) is 1.86. The van der Waals surface area contributed by atoms with Crippen molar-refractivity contribution in [3.05, 3.63) is 47.1 Å². The van der Waals surface area contributed by atoms with Crippen molar-refractivity contribution in [2.24, 2.45) is 5.73 Å². The van der Waals surface area contributed by atoms with Crippen LogP contribution in [0.2, 0.25) is 0 Å². The second-order valence-electron chi connectivity index (χ2n) is 3.98. The van der Waals surface area contributed by atoms with Crippen LogP contribution < -0.4 is 10.5 Å². The zero-order valence-electron chi connectivity index (χ0n) is 9.88. The molecule has 0 spiro atoms. The molecule has 0 fully saturated rings. The Labute approximate surface area is 105 Å². The molecule has 1 amide bonds. The van der Waals surface area contributed by atoms with E-state index < -0.39 is 5.91 Å². The number of nitrogens with two attached hydrogens (primary N) is 1. The molecule has 0 radical (unpaired) electrons. The summed E-state index contributed by atoms with van der Waals surface area (Å²) in [7, 11) is 0. The molecule has 90 valence electrons. The second kappa shape index (κ2) is 4.76. The largest absolute Gasteiger partial charge is 0.485 e. The van der Waals surface area contributed by atoms with Crippen molar-refractivity contribution in [1.29, 1.82) is 5.26 Å². The fraction of sp³-hybridized carbons (Fsp3) is 0.143. The highest BCUT2D eigenvalue weighted by Crippen LogP contribution is 2.30. The van der Waals surface area contributed by atoms with Gasteiger partial charge < -0.3 is 10.5 Å². The molecule has 1 aliphatic rings. The van der Waals surface area contributed by atoms with Crippen LogP contribution in [0.4, 0.5) is 0 Å². The van der Waals surface area contributed by atoms with Gasteiger partial charge in [-0.3, -0.25) is 4.79 Å². The van der Waals surface area contributed by atoms with Gasteiger partial charge in [0.05, 0.1) is 0 Å². The van der Waals surface area contributed by atoms with E-state index in [2.05, 4.69) is 0 Å². The zero-order valence-corrected chi connectivity index (χ0v) is 9.88. The Morgan fingerprint density at radius 1 is 1.50 bits per heavy atom. The predicted octanol–water partition coefficient (Wildman–Crippen LogP) is 1.79. The maximum absolute atomic E-state index is 11.0. The van der Waals surface area contributed by atoms with Crippen LogP contribution >= 0.6 is 0 Å². The predicted molar refractivity (Wildman–Crippen MR) is 67.4 cm³/mol. The molecular weight excluding hydrogens is 228 g/mol. The average Bonchev–Trinajstić information content (AvgIpc) is 2.35. The molecule has 0 saturated carbocycles. The Balaban J connectivity index is 2.44. The van der Waals surface area contributed by atoms with Crippen LogP contribution in [0.1, 0.15) is 12.5 Å². The van der Waals surface area contributed by atoms with Crippen molar-refractivity contribution in [3.63, 3.8) is 0 Å². The monoisotopic (exact) mass is 240 g/mol. The molecule has 0 aliphatic carbocycles. The van der Waals surface area contributed by atoms with Gasteiger partial charge in [-0.2, -0.15) is 5.26 Å². The number of carbonyl (C=O) groups is 1. The van der Waals surface area contributed by atoms with E-state index >= 15 is 0 Å². The molecular formula is C14H12N2O2. The van der Waals surface area contributed by atoms with E-state index in [-0.39, 0.29) is 11.7 Å². The SMILES string of the molecule is CC1Oc2ccccc2C=C1C=C(C#N)C(N)=O. The van der Waals surface area contributed by atoms with Gasteiger partial charge in [0.25, 0.3) is 5.91 Å². The van der Waals surface area contributed by atoms with E-state index in [1.807, 2.05) is 37.3 Å². The van der Waals surface area contributed by atoms with Gasteiger partial charge in [0, 0.05) is 5.56 Å². The second-order valence-corrected chi connectivity index (χ2v) is 3.98. The van der Waals surface area contributed by atoms with Crippen molar-refractivity contribution < 1.29 is 9.53 Å². The fourth-order valence-electron chi connectivity index (χ4n) is 1.75. The number of fused-ring (bicyclic) bond motifs is 1. The van der Waals surface area contributed by atoms with Gasteiger partial charge in [0.15, 0.2) is 0 Å². The normalized spacial score (nSPS) is 18.1. The topological polar surface area (TPSA) is 76.1 Å². The van der Waals surface area contributed by atoms with Crippen LogP contribution in [0.15, 0.2) is 41.5 Å². The average molecular weight is 240 g/mol. The molecule has 1 aromatic carbocycles. The first-order valence-corrected chi connectivity index (χ1v) is 5.50. The Morgan fingerprint density at radius 2 is 2.22 bits per heavy atom. The summed E-state index contributed by atoms with van der Waals surface area (Å²) in [5.74, 6) is 0.0594. The fourth-order valence-corrected chi connectivity index (χ4v) is 1.75. The molecule has 1 unspecified atom stereocenters. The maximum Gasteiger partial charge on any atom is 0.259 e. The lowest BCUT2D eigenvalue weighted by Crippen LogP contribution is -2.19. The van der Waals surface area contributed by atoms with Gasteiger partial charge in [-0.05, 0) is 30.7 Å². The van der Waals surface area contributed by atoms with Gasteiger partial charge in [0.2, 0.25) is 0 Å². The minimum Gasteiger partial charge on any atom is -0.485 e. The number of ether oxygens (including phenoxy) is 1. The molecule has 1 aliphatic heterocycles. The van der Waals surface area contributed by atoms with Crippen molar-refractivity contribution in [3.8, 4) is 11.8 Å². The molecule has 0 bridgehead atoms. The van der Waals surface area contributed by atoms with E-state index in [0.29, 0.717) is 0 Å². The van der Waals surface area contributed by atoms with Gasteiger partial charge in [-0.25, -0.2) is 0 Å². The number of para-hydroxylation sites is 1. The first kappa shape index (κ1) is 11.9. The van der Waals surface area contributed by atoms with E-state index in [9.17, 15) is 4.79 Å². The number of primary amides is 1. The van der Waals surface area contributed by atoms with Crippen LogP contribution in [0.5, 0.6) is 5.75 Å². The molecule has 18 heavy (non-hydrogen) atoms. The third kappa shape index (κ3) is 2.25. The highest BCUT2D eigenvalue weighted by Gasteiger charge is 2.18. The molecule has 1 atom stereocenters. The number of hydrogen-bond donors (Lipinski definition) is 1. The zero-order chi connectivity index (χ0) is 13.1. The highest BCUT2D eigenvalue weighted by atomic mass is 16.5. The van der Waals surface area contributed by atoms with Crippen LogP contribution in [-0.4, -0.2) is 12.0 Å². The van der Waals surface area contributed by atoms with Crippen molar-refractivity contribution in [1.82, 2.24) is 0 Å². The van der Waals surface area contributed by atoms with E-state index in [0.717, 1.165) is 16.9 Å². The summed E-state index contributed by atoms with van der Waals surface area (Å²) in [4.78, 5) is 11.0. The van der Waals surface area contributed by atoms with Gasteiger partial charge in [-0.1, -0.05) is 18.2 Å². The van der Waals surface area contributed by atoms with Gasteiger partial charge >= 0.3 is 0 Å². The molecule has 4 heteroatoms. The van der Waals surface area contributed by atoms with Crippen molar-refractivity contribution in [2.45, 2.75) is 13.0 Å². The molecule has 0 saturated heterocycles. The summed E-state index contributed by atoms with van der Waals surface area (Å²) in [5, 5.41) is 8.82. The molecule has 1 aromatic rings. The van der Waals surface area contributed by atoms with E-state index in [4.69, 9.17) is 15.7 Å². The molecule has 2 N–H and O–H groups in total. The maximum atomic E-state index is 11.0. The van der Waals surface area contributed by atoms with Gasteiger partial charge in [0.1, 0.15) is 23.5 Å². The smallest absolute Gasteiger partial charge is 0.259 e. The van der Waals surface area contributed by atoms with Gasteiger partial charge in [-0.15, -0.1) is 0 Å². The first-order chi connectivity index (χ1) is 8.61. The third-order valence-corrected chi connectivity index (χ3v) is 2.71. The van der Waals surface area contributed by atoms with Crippen molar-refractivity contribution >= 4 is 12.0 Å². The standard InChI is InChI=1S/C14H12N2O2/c1-9-11(7-12(8-15)14(16)17)6-10-4-2-3-5-13(10)18-9/h2-7,9H,1H3,(H2,16,17). The number of hydrogen-bond acceptors (Lipinski definition) is 3. The Bertz CT molecular complexity index is 594. The Morgan fingerprint density at radius 3 is 2.89 bits per heavy atom. The molecule has 4 nitrogen and oxygen atoms in total. The summed E-state index contributed by atoms with van der Waals surface area (Å²) >= 11 is 0. The first-order valence-electron chi connectivity index (χ1n) is 5.50. The van der Waals surface area contributed by atoms with Crippen molar-refractivity contribution in [2.75, 3.05) is 0 Å². The number of rotatable bonds is 2. The quantitative estimate of drug-likeness (QED) is 0.632. The van der Waals surface area contributed by atoms with E-state index in [1.54, 1.807) is 6.07 Å². The number of carbonyl (C=O) groups excluding carboxylic acids is 1. The third-order valence-electron chi connectivity index (χ3n) is 2.71. The summed E-state index contributed by atoms with van der Waals surface area (Å²) in [5.41, 5.74) is 6.71. The lowest BCUT2D eigenvalue weighted by Gasteiger charge is -2.22. The number of amides is 1. The summed E-state index contributed by atoms with van der Waals surface area (Å²) in [6, 6.07) is 9.36. The minimum absolute atomic E-state index is 0.0731. The summed E-state index contributed by atoms with van der Waals surface area (Å²) < 4.78 is 5.70. The number of nitrogens with zero attached hydrogens (tertiary/aromatic N) is 1. The van der Waals surface area contributed by atoms with E-state index in [1.165, 1.54) is 6.08 Å². The molecule has 0 aromatic heterocycles. The lowest BCUT2D eigenvalue weighted by molar-refractivity contribution is -0.114. The number of benzene rings is 1. The highest BCUT2D eigenvalue weighted by molar-refractivity contribution is 5.96. The molecule has 1 heterocycles. The van der Waals surface area contributed by atoms with Crippen LogP contribution in [0, 0.1) is 11.3 Å². The van der Waals surface area contributed by atoms with Crippen LogP contribution in [0.3, 0.4) is 0 Å². The molecule has 2 rings (SSSR count). The Hall–Kier alpha value is -2.54. The Kier molecular flexibility index (Phi) is 3.16. The lowest BCUT2D eigenvalue weighted by atomic mass is 10.0. The number of nitriles is 1. The minimum atomic E-state index is -0.732.